The van der Waals surface area contributed by atoms with Gasteiger partial charge < -0.3 is 10.6 Å². The van der Waals surface area contributed by atoms with Crippen molar-refractivity contribution in [3.63, 3.8) is 0 Å². The third-order valence-electron chi connectivity index (χ3n) is 4.24. The molecule has 0 saturated carbocycles. The minimum Gasteiger partial charge on any atom is -0.340 e. The predicted octanol–water partition coefficient (Wildman–Crippen LogP) is 4.71. The van der Waals surface area contributed by atoms with Crippen LogP contribution in [0.3, 0.4) is 0 Å². The molecule has 5 nitrogen and oxygen atoms in total. The van der Waals surface area contributed by atoms with E-state index in [0.29, 0.717) is 17.3 Å². The molecule has 0 unspecified atom stereocenters. The Morgan fingerprint density at radius 3 is 2.35 bits per heavy atom. The van der Waals surface area contributed by atoms with Gasteiger partial charge in [-0.3, -0.25) is 4.79 Å². The van der Waals surface area contributed by atoms with Crippen LogP contribution in [0, 0.1) is 27.7 Å². The molecule has 26 heavy (non-hydrogen) atoms. The van der Waals surface area contributed by atoms with Gasteiger partial charge in [0.25, 0.3) is 5.91 Å². The number of anilines is 3. The zero-order valence-electron chi connectivity index (χ0n) is 15.4. The van der Waals surface area contributed by atoms with Gasteiger partial charge in [0, 0.05) is 17.4 Å². The lowest BCUT2D eigenvalue weighted by molar-refractivity contribution is 0.102. The number of nitrogens with one attached hydrogen (secondary N) is 2. The maximum absolute atomic E-state index is 12.6. The van der Waals surface area contributed by atoms with Crippen LogP contribution < -0.4 is 10.6 Å². The molecule has 0 bridgehead atoms. The number of aryl methyl sites for hydroxylation is 4. The van der Waals surface area contributed by atoms with E-state index in [1.54, 1.807) is 13.0 Å². The summed E-state index contributed by atoms with van der Waals surface area (Å²) in [7, 11) is 0. The number of hydrogen-bond donors (Lipinski definition) is 2. The van der Waals surface area contributed by atoms with Crippen molar-refractivity contribution in [2.24, 2.45) is 0 Å². The molecule has 0 radical (unpaired) electrons. The monoisotopic (exact) mass is 346 g/mol. The summed E-state index contributed by atoms with van der Waals surface area (Å²) in [6.45, 7) is 7.86. The number of carbonyl (C=O) groups excluding carboxylic acids is 1. The van der Waals surface area contributed by atoms with Gasteiger partial charge in [0.05, 0.1) is 0 Å². The SMILES string of the molecule is Cc1nc(Nc2ccc(C)c(C)c2)cc(C(=O)Nc2ccccc2C)n1. The lowest BCUT2D eigenvalue weighted by Crippen LogP contribution is -2.16. The van der Waals surface area contributed by atoms with E-state index < -0.39 is 0 Å². The number of carbonyl (C=O) groups is 1. The maximum atomic E-state index is 12.6. The third-order valence-corrected chi connectivity index (χ3v) is 4.24. The molecule has 1 aromatic heterocycles. The second-order valence-electron chi connectivity index (χ2n) is 6.38. The number of rotatable bonds is 4. The highest BCUT2D eigenvalue weighted by Crippen LogP contribution is 2.20. The first-order valence-electron chi connectivity index (χ1n) is 8.49. The zero-order chi connectivity index (χ0) is 18.7. The van der Waals surface area contributed by atoms with E-state index >= 15 is 0 Å². The van der Waals surface area contributed by atoms with Gasteiger partial charge in [0.2, 0.25) is 0 Å². The number of para-hydroxylation sites is 1. The smallest absolute Gasteiger partial charge is 0.274 e. The van der Waals surface area contributed by atoms with Crippen LogP contribution in [0.1, 0.15) is 33.0 Å². The van der Waals surface area contributed by atoms with Crippen LogP contribution in [0.5, 0.6) is 0 Å². The lowest BCUT2D eigenvalue weighted by Gasteiger charge is -2.11. The van der Waals surface area contributed by atoms with Crippen molar-refractivity contribution >= 4 is 23.1 Å². The quantitative estimate of drug-likeness (QED) is 0.718. The first kappa shape index (κ1) is 17.6. The van der Waals surface area contributed by atoms with Crippen molar-refractivity contribution < 1.29 is 4.79 Å². The third kappa shape index (κ3) is 4.06. The minimum absolute atomic E-state index is 0.257. The summed E-state index contributed by atoms with van der Waals surface area (Å²) >= 11 is 0. The van der Waals surface area contributed by atoms with Crippen LogP contribution >= 0.6 is 0 Å². The standard InChI is InChI=1S/C21H22N4O/c1-13-9-10-17(11-15(13)3)24-20-12-19(22-16(4)23-20)21(26)25-18-8-6-5-7-14(18)2/h5-12H,1-4H3,(H,25,26)(H,22,23,24). The molecule has 0 spiro atoms. The van der Waals surface area contributed by atoms with E-state index in [9.17, 15) is 4.79 Å². The van der Waals surface area contributed by atoms with Gasteiger partial charge in [-0.1, -0.05) is 24.3 Å². The van der Waals surface area contributed by atoms with Crippen LogP contribution in [-0.4, -0.2) is 15.9 Å². The molecular formula is C21H22N4O. The Morgan fingerprint density at radius 1 is 0.846 bits per heavy atom. The molecule has 2 N–H and O–H groups in total. The van der Waals surface area contributed by atoms with Crippen LogP contribution in [0.25, 0.3) is 0 Å². The molecule has 132 valence electrons. The van der Waals surface area contributed by atoms with E-state index in [-0.39, 0.29) is 5.91 Å². The topological polar surface area (TPSA) is 66.9 Å². The minimum atomic E-state index is -0.257. The first-order chi connectivity index (χ1) is 12.4. The van der Waals surface area contributed by atoms with Crippen LogP contribution in [0.4, 0.5) is 17.2 Å². The zero-order valence-corrected chi connectivity index (χ0v) is 15.4. The summed E-state index contributed by atoms with van der Waals surface area (Å²) in [6, 6.07) is 15.4. The number of aromatic nitrogens is 2. The molecule has 0 aliphatic rings. The summed E-state index contributed by atoms with van der Waals surface area (Å²) in [5.41, 5.74) is 5.45. The Labute approximate surface area is 153 Å². The summed E-state index contributed by atoms with van der Waals surface area (Å²) in [5.74, 6) is 0.873. The average molecular weight is 346 g/mol. The van der Waals surface area contributed by atoms with Gasteiger partial charge in [0.1, 0.15) is 17.3 Å². The van der Waals surface area contributed by atoms with Crippen molar-refractivity contribution in [3.8, 4) is 0 Å². The summed E-state index contributed by atoms with van der Waals surface area (Å²) in [5, 5.41) is 6.16. The molecule has 0 fully saturated rings. The normalized spacial score (nSPS) is 10.5. The molecule has 3 rings (SSSR count). The largest absolute Gasteiger partial charge is 0.340 e. The van der Waals surface area contributed by atoms with Gasteiger partial charge in [-0.25, -0.2) is 9.97 Å². The Hall–Kier alpha value is -3.21. The second-order valence-corrected chi connectivity index (χ2v) is 6.38. The Kier molecular flexibility index (Phi) is 4.98. The molecule has 2 aromatic carbocycles. The molecule has 5 heteroatoms. The number of hydrogen-bond acceptors (Lipinski definition) is 4. The average Bonchev–Trinajstić information content (AvgIpc) is 2.59. The first-order valence-corrected chi connectivity index (χ1v) is 8.49. The van der Waals surface area contributed by atoms with E-state index in [2.05, 4.69) is 46.6 Å². The fraction of sp³-hybridized carbons (Fsp3) is 0.190. The number of benzene rings is 2. The van der Waals surface area contributed by atoms with Crippen LogP contribution in [0.2, 0.25) is 0 Å². The highest BCUT2D eigenvalue weighted by molar-refractivity contribution is 6.03. The second kappa shape index (κ2) is 7.35. The van der Waals surface area contributed by atoms with Crippen molar-refractivity contribution in [1.82, 2.24) is 9.97 Å². The number of nitrogens with zero attached hydrogens (tertiary/aromatic N) is 2. The maximum Gasteiger partial charge on any atom is 0.274 e. The van der Waals surface area contributed by atoms with Crippen molar-refractivity contribution in [1.29, 1.82) is 0 Å². The lowest BCUT2D eigenvalue weighted by atomic mass is 10.1. The Bertz CT molecular complexity index is 966. The molecule has 3 aromatic rings. The van der Waals surface area contributed by atoms with Crippen LogP contribution in [-0.2, 0) is 0 Å². The fourth-order valence-electron chi connectivity index (χ4n) is 2.61. The van der Waals surface area contributed by atoms with Gasteiger partial charge in [-0.05, 0) is 62.6 Å². The molecule has 0 atom stereocenters. The summed E-state index contributed by atoms with van der Waals surface area (Å²) in [4.78, 5) is 21.2. The van der Waals surface area contributed by atoms with E-state index in [4.69, 9.17) is 0 Å². The molecule has 0 saturated heterocycles. The Morgan fingerprint density at radius 2 is 1.62 bits per heavy atom. The highest BCUT2D eigenvalue weighted by Gasteiger charge is 2.12. The molecule has 0 aliphatic carbocycles. The predicted molar refractivity (Wildman–Crippen MR) is 105 cm³/mol. The van der Waals surface area contributed by atoms with E-state index in [0.717, 1.165) is 16.9 Å². The van der Waals surface area contributed by atoms with Crippen LogP contribution in [0.15, 0.2) is 48.5 Å². The van der Waals surface area contributed by atoms with Gasteiger partial charge >= 0.3 is 0 Å². The van der Waals surface area contributed by atoms with Gasteiger partial charge in [-0.2, -0.15) is 0 Å². The highest BCUT2D eigenvalue weighted by atomic mass is 16.1. The van der Waals surface area contributed by atoms with E-state index in [1.165, 1.54) is 11.1 Å². The Balaban J connectivity index is 1.84. The fourth-order valence-corrected chi connectivity index (χ4v) is 2.61. The summed E-state index contributed by atoms with van der Waals surface area (Å²) in [6.07, 6.45) is 0. The van der Waals surface area contributed by atoms with E-state index in [1.807, 2.05) is 37.3 Å². The van der Waals surface area contributed by atoms with Crippen molar-refractivity contribution in [2.45, 2.75) is 27.7 Å². The number of amides is 1. The molecule has 1 heterocycles. The summed E-state index contributed by atoms with van der Waals surface area (Å²) < 4.78 is 0. The van der Waals surface area contributed by atoms with Gasteiger partial charge in [-0.15, -0.1) is 0 Å². The van der Waals surface area contributed by atoms with Gasteiger partial charge in [0.15, 0.2) is 0 Å². The van der Waals surface area contributed by atoms with Crippen molar-refractivity contribution in [2.75, 3.05) is 10.6 Å². The molecular weight excluding hydrogens is 324 g/mol. The molecule has 0 aliphatic heterocycles. The van der Waals surface area contributed by atoms with Crippen molar-refractivity contribution in [3.05, 3.63) is 76.7 Å². The molecule has 1 amide bonds.